The summed E-state index contributed by atoms with van der Waals surface area (Å²) >= 11 is 0. The highest BCUT2D eigenvalue weighted by Gasteiger charge is 2.39. The number of anilines is 3. The first-order chi connectivity index (χ1) is 31.1. The monoisotopic (exact) mass is 952 g/mol. The summed E-state index contributed by atoms with van der Waals surface area (Å²) in [6.45, 7) is 51.5. The van der Waals surface area contributed by atoms with Crippen molar-refractivity contribution in [3.63, 3.8) is 0 Å². The van der Waals surface area contributed by atoms with Crippen molar-refractivity contribution in [1.29, 1.82) is 0 Å². The molecule has 0 amide bonds. The number of benzene rings is 4. The van der Waals surface area contributed by atoms with Gasteiger partial charge in [-0.05, 0) is 140 Å². The Hall–Kier alpha value is -4.32. The minimum atomic E-state index is 0.0908. The molecule has 69 heavy (non-hydrogen) atoms. The Labute approximate surface area is 425 Å². The van der Waals surface area contributed by atoms with Crippen LogP contribution in [0, 0.1) is 32.5 Å². The lowest BCUT2D eigenvalue weighted by Gasteiger charge is -2.43. The maximum Gasteiger partial charge on any atom is 0.141 e. The molecule has 6 nitrogen and oxygen atoms in total. The zero-order chi connectivity index (χ0) is 53.7. The van der Waals surface area contributed by atoms with Crippen molar-refractivity contribution in [1.82, 2.24) is 0 Å². The lowest BCUT2D eigenvalue weighted by molar-refractivity contribution is 0.162. The second-order valence-electron chi connectivity index (χ2n) is 27.9. The van der Waals surface area contributed by atoms with Crippen LogP contribution in [0.3, 0.4) is 0 Å². The minimum Gasteiger partial charge on any atom is -0.495 e. The quantitative estimate of drug-likeness (QED) is 0.103. The molecule has 4 rings (SSSR count). The maximum absolute atomic E-state index is 5.51. The van der Waals surface area contributed by atoms with Gasteiger partial charge in [0.15, 0.2) is 0 Å². The van der Waals surface area contributed by atoms with Gasteiger partial charge in [-0.2, -0.15) is 0 Å². The Morgan fingerprint density at radius 1 is 0.304 bits per heavy atom. The molecule has 0 saturated carbocycles. The van der Waals surface area contributed by atoms with Crippen LogP contribution in [-0.2, 0) is 16.2 Å². The SMILES string of the molecule is CC(C)(C)CC(C)(C)CC(C)(C)c1cc(C(C)(C)CC(C)(C)CC(C)(C)C)cc(C(C)(C)CC(C)(C)CC(C)(C)C)c1.COc1ccccc1N.COc1ccccc1N.COc1ccccc1N. The molecule has 0 bridgehead atoms. The highest BCUT2D eigenvalue weighted by atomic mass is 16.5. The van der Waals surface area contributed by atoms with Crippen molar-refractivity contribution in [2.24, 2.45) is 32.5 Å². The highest BCUT2D eigenvalue weighted by molar-refractivity contribution is 5.53. The smallest absolute Gasteiger partial charge is 0.141 e. The van der Waals surface area contributed by atoms with Crippen molar-refractivity contribution in [2.75, 3.05) is 38.5 Å². The molecule has 6 heteroatoms. The van der Waals surface area contributed by atoms with Crippen molar-refractivity contribution >= 4 is 17.1 Å². The molecule has 0 radical (unpaired) electrons. The number of para-hydroxylation sites is 6. The van der Waals surface area contributed by atoms with E-state index < -0.39 is 0 Å². The van der Waals surface area contributed by atoms with E-state index in [0.717, 1.165) is 17.2 Å². The highest BCUT2D eigenvalue weighted by Crippen LogP contribution is 2.49. The third-order valence-electron chi connectivity index (χ3n) is 12.5. The van der Waals surface area contributed by atoms with Crippen LogP contribution in [0.1, 0.15) is 201 Å². The number of nitrogen functional groups attached to an aromatic ring is 3. The summed E-state index contributed by atoms with van der Waals surface area (Å²) in [4.78, 5) is 0. The fraction of sp³-hybridized carbons (Fsp3) is 0.619. The van der Waals surface area contributed by atoms with Crippen molar-refractivity contribution in [3.8, 4) is 17.2 Å². The Kier molecular flexibility index (Phi) is 22.4. The molecule has 390 valence electrons. The summed E-state index contributed by atoms with van der Waals surface area (Å²) in [7, 11) is 4.81. The fourth-order valence-corrected chi connectivity index (χ4v) is 12.2. The molecule has 0 heterocycles. The van der Waals surface area contributed by atoms with E-state index in [1.165, 1.54) is 55.2 Å². The summed E-state index contributed by atoms with van der Waals surface area (Å²) in [6, 6.07) is 30.0. The van der Waals surface area contributed by atoms with E-state index in [2.05, 4.69) is 164 Å². The van der Waals surface area contributed by atoms with Crippen LogP contribution < -0.4 is 31.4 Å². The van der Waals surface area contributed by atoms with Crippen LogP contribution in [-0.4, -0.2) is 21.3 Å². The summed E-state index contributed by atoms with van der Waals surface area (Å²) < 4.78 is 14.8. The third-order valence-corrected chi connectivity index (χ3v) is 12.5. The van der Waals surface area contributed by atoms with E-state index in [1.807, 2.05) is 54.6 Å². The largest absolute Gasteiger partial charge is 0.495 e. The standard InChI is InChI=1S/C42H78.3C7H9NO/c1-34(2,3)25-37(10,11)28-40(16,17)31-22-32(41(18,19)29-38(12,13)26-35(4,5)6)24-33(23-31)42(20,21)30-39(14,15)27-36(7,8)9;3*1-9-7-5-3-2-4-6(7)8/h22-24H,25-30H2,1-21H3;3*2-5H,8H2,1H3. The van der Waals surface area contributed by atoms with E-state index in [-0.39, 0.29) is 32.5 Å². The number of hydrogen-bond acceptors (Lipinski definition) is 6. The molecule has 0 aliphatic carbocycles. The van der Waals surface area contributed by atoms with Crippen molar-refractivity contribution in [3.05, 3.63) is 108 Å². The first kappa shape index (κ1) is 62.7. The minimum absolute atomic E-state index is 0.0908. The van der Waals surface area contributed by atoms with Crippen molar-refractivity contribution < 1.29 is 14.2 Å². The molecule has 0 aliphatic heterocycles. The average Bonchev–Trinajstić information content (AvgIpc) is 3.15. The molecule has 6 N–H and O–H groups in total. The van der Waals surface area contributed by atoms with E-state index >= 15 is 0 Å². The molecule has 0 saturated heterocycles. The maximum atomic E-state index is 5.51. The molecular weight excluding hydrogens is 847 g/mol. The molecule has 4 aromatic carbocycles. The van der Waals surface area contributed by atoms with E-state index in [1.54, 1.807) is 39.5 Å². The zero-order valence-corrected chi connectivity index (χ0v) is 48.9. The van der Waals surface area contributed by atoms with Gasteiger partial charge in [0.05, 0.1) is 38.4 Å². The molecule has 0 spiro atoms. The summed E-state index contributed by atoms with van der Waals surface area (Å²) in [5.41, 5.74) is 25.2. The van der Waals surface area contributed by atoms with Gasteiger partial charge in [-0.1, -0.05) is 200 Å². The third kappa shape index (κ3) is 23.9. The lowest BCUT2D eigenvalue weighted by atomic mass is 9.62. The molecule has 0 unspecified atom stereocenters. The van der Waals surface area contributed by atoms with Crippen LogP contribution in [0.25, 0.3) is 0 Å². The summed E-state index contributed by atoms with van der Waals surface area (Å²) in [5.74, 6) is 2.20. The van der Waals surface area contributed by atoms with Crippen molar-refractivity contribution in [2.45, 2.75) is 200 Å². The van der Waals surface area contributed by atoms with Gasteiger partial charge < -0.3 is 31.4 Å². The average molecular weight is 953 g/mol. The molecule has 4 aromatic rings. The first-order valence-corrected chi connectivity index (χ1v) is 25.4. The zero-order valence-electron chi connectivity index (χ0n) is 48.9. The predicted octanol–water partition coefficient (Wildman–Crippen LogP) is 17.9. The van der Waals surface area contributed by atoms with Gasteiger partial charge >= 0.3 is 0 Å². The van der Waals surface area contributed by atoms with Gasteiger partial charge in [-0.15, -0.1) is 0 Å². The summed E-state index contributed by atoms with van der Waals surface area (Å²) in [5, 5.41) is 0. The fourth-order valence-electron chi connectivity index (χ4n) is 12.2. The Bertz CT molecular complexity index is 1880. The normalized spacial score (nSPS) is 12.9. The molecule has 0 aliphatic rings. The van der Waals surface area contributed by atoms with E-state index in [0.29, 0.717) is 33.3 Å². The molecule has 0 fully saturated rings. The Morgan fingerprint density at radius 2 is 0.493 bits per heavy atom. The Balaban J connectivity index is 0.000000692. The number of rotatable bonds is 15. The van der Waals surface area contributed by atoms with E-state index in [9.17, 15) is 0 Å². The number of nitrogens with two attached hydrogens (primary N) is 3. The molecule has 0 aromatic heterocycles. The van der Waals surface area contributed by atoms with Gasteiger partial charge in [-0.3, -0.25) is 0 Å². The predicted molar refractivity (Wildman–Crippen MR) is 305 cm³/mol. The number of hydrogen-bond donors (Lipinski definition) is 3. The number of ether oxygens (including phenoxy) is 3. The number of methoxy groups -OCH3 is 3. The van der Waals surface area contributed by atoms with Crippen LogP contribution in [0.4, 0.5) is 17.1 Å². The van der Waals surface area contributed by atoms with Crippen LogP contribution in [0.2, 0.25) is 0 Å². The van der Waals surface area contributed by atoms with E-state index in [4.69, 9.17) is 31.4 Å². The van der Waals surface area contributed by atoms with Crippen LogP contribution >= 0.6 is 0 Å². The first-order valence-electron chi connectivity index (χ1n) is 25.4. The van der Waals surface area contributed by atoms with Gasteiger partial charge in [0, 0.05) is 0 Å². The summed E-state index contributed by atoms with van der Waals surface area (Å²) in [6.07, 6.45) is 7.25. The van der Waals surface area contributed by atoms with Crippen LogP contribution in [0.5, 0.6) is 17.2 Å². The van der Waals surface area contributed by atoms with Gasteiger partial charge in [-0.25, -0.2) is 0 Å². The Morgan fingerprint density at radius 3 is 0.638 bits per heavy atom. The second kappa shape index (κ2) is 24.7. The molecular formula is C63H105N3O3. The topological polar surface area (TPSA) is 106 Å². The van der Waals surface area contributed by atoms with Gasteiger partial charge in [0.25, 0.3) is 0 Å². The van der Waals surface area contributed by atoms with Crippen LogP contribution in [0.15, 0.2) is 91.0 Å². The molecule has 0 atom stereocenters. The van der Waals surface area contributed by atoms with Gasteiger partial charge in [0.1, 0.15) is 17.2 Å². The van der Waals surface area contributed by atoms with Gasteiger partial charge in [0.2, 0.25) is 0 Å². The lowest BCUT2D eigenvalue weighted by Crippen LogP contribution is -2.34. The second-order valence-corrected chi connectivity index (χ2v) is 27.9.